The Labute approximate surface area is 117 Å². The van der Waals surface area contributed by atoms with Crippen molar-refractivity contribution in [1.29, 1.82) is 0 Å². The first-order chi connectivity index (χ1) is 9.33. The van der Waals surface area contributed by atoms with Crippen LogP contribution in [0.4, 0.5) is 0 Å². The van der Waals surface area contributed by atoms with Crippen LogP contribution in [0.2, 0.25) is 0 Å². The van der Waals surface area contributed by atoms with Crippen LogP contribution in [0.15, 0.2) is 35.2 Å². The second kappa shape index (κ2) is 7.01. The zero-order chi connectivity index (χ0) is 15.2. The summed E-state index contributed by atoms with van der Waals surface area (Å²) in [4.78, 5) is 22.1. The second-order valence-corrected chi connectivity index (χ2v) is 5.76. The molecule has 1 atom stereocenters. The predicted molar refractivity (Wildman–Crippen MR) is 71.0 cm³/mol. The van der Waals surface area contributed by atoms with Crippen molar-refractivity contribution in [3.05, 3.63) is 30.3 Å². The van der Waals surface area contributed by atoms with Gasteiger partial charge in [-0.05, 0) is 19.1 Å². The Kier molecular flexibility index (Phi) is 5.66. The van der Waals surface area contributed by atoms with Gasteiger partial charge in [-0.25, -0.2) is 13.1 Å². The number of nitrogens with two attached hydrogens (primary N) is 1. The third kappa shape index (κ3) is 4.98. The van der Waals surface area contributed by atoms with Crippen LogP contribution in [0.1, 0.15) is 13.3 Å². The highest BCUT2D eigenvalue weighted by molar-refractivity contribution is 7.89. The number of primary amides is 1. The number of benzene rings is 1. The molecule has 0 radical (unpaired) electrons. The molecule has 0 spiro atoms. The molecule has 1 rings (SSSR count). The summed E-state index contributed by atoms with van der Waals surface area (Å²) in [5.41, 5.74) is 4.93. The average Bonchev–Trinajstić information content (AvgIpc) is 2.39. The van der Waals surface area contributed by atoms with E-state index in [0.29, 0.717) is 0 Å². The minimum atomic E-state index is -3.65. The zero-order valence-electron chi connectivity index (χ0n) is 10.9. The monoisotopic (exact) mass is 300 g/mol. The number of carbonyl (C=O) groups is 2. The molecular formula is C12H16N2O5S. The Morgan fingerprint density at radius 3 is 2.45 bits per heavy atom. The zero-order valence-corrected chi connectivity index (χ0v) is 11.7. The third-order valence-corrected chi connectivity index (χ3v) is 3.86. The van der Waals surface area contributed by atoms with Gasteiger partial charge < -0.3 is 10.5 Å². The van der Waals surface area contributed by atoms with E-state index in [0.717, 1.165) is 0 Å². The molecule has 1 aromatic rings. The molecule has 0 aliphatic heterocycles. The molecule has 0 saturated carbocycles. The summed E-state index contributed by atoms with van der Waals surface area (Å²) < 4.78 is 30.6. The van der Waals surface area contributed by atoms with E-state index >= 15 is 0 Å². The van der Waals surface area contributed by atoms with Gasteiger partial charge in [0.15, 0.2) is 6.10 Å². The van der Waals surface area contributed by atoms with Gasteiger partial charge in [-0.3, -0.25) is 9.59 Å². The third-order valence-electron chi connectivity index (χ3n) is 2.38. The maximum atomic E-state index is 11.8. The van der Waals surface area contributed by atoms with E-state index in [4.69, 9.17) is 5.73 Å². The molecule has 8 heteroatoms. The van der Waals surface area contributed by atoms with E-state index < -0.39 is 28.0 Å². The van der Waals surface area contributed by atoms with Crippen LogP contribution < -0.4 is 10.5 Å². The van der Waals surface area contributed by atoms with Crippen molar-refractivity contribution in [2.75, 3.05) is 6.54 Å². The second-order valence-electron chi connectivity index (χ2n) is 4.00. The first-order valence-corrected chi connectivity index (χ1v) is 7.35. The molecule has 1 amide bonds. The Hall–Kier alpha value is -1.93. The summed E-state index contributed by atoms with van der Waals surface area (Å²) in [6.45, 7) is 1.22. The molecule has 7 nitrogen and oxygen atoms in total. The highest BCUT2D eigenvalue weighted by Crippen LogP contribution is 2.06. The first kappa shape index (κ1) is 16.1. The van der Waals surface area contributed by atoms with Gasteiger partial charge in [0.1, 0.15) is 0 Å². The van der Waals surface area contributed by atoms with Crippen LogP contribution >= 0.6 is 0 Å². The lowest BCUT2D eigenvalue weighted by Crippen LogP contribution is -2.32. The van der Waals surface area contributed by atoms with Gasteiger partial charge in [-0.2, -0.15) is 0 Å². The molecular weight excluding hydrogens is 284 g/mol. The molecule has 0 aliphatic rings. The molecule has 1 unspecified atom stereocenters. The topological polar surface area (TPSA) is 116 Å². The van der Waals surface area contributed by atoms with Gasteiger partial charge in [-0.15, -0.1) is 0 Å². The fourth-order valence-electron chi connectivity index (χ4n) is 1.28. The van der Waals surface area contributed by atoms with Gasteiger partial charge >= 0.3 is 5.97 Å². The highest BCUT2D eigenvalue weighted by Gasteiger charge is 2.16. The standard InChI is InChI=1S/C12H16N2O5S/c1-9(12(13)16)19-11(15)7-8-14-20(17,18)10-5-3-2-4-6-10/h2-6,9,14H,7-8H2,1H3,(H2,13,16). The van der Waals surface area contributed by atoms with E-state index in [9.17, 15) is 18.0 Å². The van der Waals surface area contributed by atoms with Gasteiger partial charge in [0.2, 0.25) is 10.0 Å². The van der Waals surface area contributed by atoms with Crippen molar-refractivity contribution in [2.45, 2.75) is 24.3 Å². The van der Waals surface area contributed by atoms with Crippen molar-refractivity contribution < 1.29 is 22.7 Å². The van der Waals surface area contributed by atoms with Gasteiger partial charge in [0, 0.05) is 6.54 Å². The Morgan fingerprint density at radius 1 is 1.30 bits per heavy atom. The summed E-state index contributed by atoms with van der Waals surface area (Å²) in [5.74, 6) is -1.46. The van der Waals surface area contributed by atoms with Crippen molar-refractivity contribution >= 4 is 21.9 Å². The summed E-state index contributed by atoms with van der Waals surface area (Å²) in [6.07, 6.45) is -1.22. The van der Waals surface area contributed by atoms with Crippen molar-refractivity contribution in [2.24, 2.45) is 5.73 Å². The lowest BCUT2D eigenvalue weighted by molar-refractivity contribution is -0.153. The van der Waals surface area contributed by atoms with Crippen molar-refractivity contribution in [3.63, 3.8) is 0 Å². The smallest absolute Gasteiger partial charge is 0.307 e. The quantitative estimate of drug-likeness (QED) is 0.675. The van der Waals surface area contributed by atoms with Crippen LogP contribution in [0.3, 0.4) is 0 Å². The largest absolute Gasteiger partial charge is 0.453 e. The van der Waals surface area contributed by atoms with E-state index in [1.54, 1.807) is 18.2 Å². The number of ether oxygens (including phenoxy) is 1. The number of nitrogens with one attached hydrogen (secondary N) is 1. The van der Waals surface area contributed by atoms with Gasteiger partial charge in [-0.1, -0.05) is 18.2 Å². The average molecular weight is 300 g/mol. The van der Waals surface area contributed by atoms with Crippen LogP contribution in [0, 0.1) is 0 Å². The van der Waals surface area contributed by atoms with Crippen molar-refractivity contribution in [1.82, 2.24) is 4.72 Å². The molecule has 0 heterocycles. The fourth-order valence-corrected chi connectivity index (χ4v) is 2.34. The maximum absolute atomic E-state index is 11.8. The molecule has 3 N–H and O–H groups in total. The van der Waals surface area contributed by atoms with Gasteiger partial charge in [0.25, 0.3) is 5.91 Å². The van der Waals surface area contributed by atoms with Crippen LogP contribution in [-0.4, -0.2) is 32.9 Å². The number of sulfonamides is 1. The lowest BCUT2D eigenvalue weighted by Gasteiger charge is -2.10. The SMILES string of the molecule is CC(OC(=O)CCNS(=O)(=O)c1ccccc1)C(N)=O. The first-order valence-electron chi connectivity index (χ1n) is 5.86. The fraction of sp³-hybridized carbons (Fsp3) is 0.333. The number of esters is 1. The number of hydrogen-bond acceptors (Lipinski definition) is 5. The Bertz CT molecular complexity index is 571. The van der Waals surface area contributed by atoms with E-state index in [2.05, 4.69) is 9.46 Å². The molecule has 110 valence electrons. The minimum absolute atomic E-state index is 0.110. The number of amides is 1. The number of rotatable bonds is 7. The summed E-state index contributed by atoms with van der Waals surface area (Å²) in [6, 6.07) is 7.77. The van der Waals surface area contributed by atoms with Crippen LogP contribution in [0.5, 0.6) is 0 Å². The normalized spacial score (nSPS) is 12.7. The van der Waals surface area contributed by atoms with Crippen LogP contribution in [0.25, 0.3) is 0 Å². The summed E-state index contributed by atoms with van der Waals surface area (Å²) >= 11 is 0. The van der Waals surface area contributed by atoms with E-state index in [1.807, 2.05) is 0 Å². The van der Waals surface area contributed by atoms with E-state index in [-0.39, 0.29) is 17.9 Å². The Balaban J connectivity index is 2.45. The molecule has 0 bridgehead atoms. The number of carbonyl (C=O) groups excluding carboxylic acids is 2. The summed E-state index contributed by atoms with van der Waals surface area (Å²) in [5, 5.41) is 0. The molecule has 0 aromatic heterocycles. The van der Waals surface area contributed by atoms with Crippen molar-refractivity contribution in [3.8, 4) is 0 Å². The molecule has 1 aromatic carbocycles. The molecule has 20 heavy (non-hydrogen) atoms. The minimum Gasteiger partial charge on any atom is -0.453 e. The van der Waals surface area contributed by atoms with Crippen LogP contribution in [-0.2, 0) is 24.3 Å². The Morgan fingerprint density at radius 2 is 1.90 bits per heavy atom. The lowest BCUT2D eigenvalue weighted by atomic mass is 10.4. The molecule has 0 fully saturated rings. The molecule has 0 aliphatic carbocycles. The highest BCUT2D eigenvalue weighted by atomic mass is 32.2. The van der Waals surface area contributed by atoms with Gasteiger partial charge in [0.05, 0.1) is 11.3 Å². The summed E-state index contributed by atoms with van der Waals surface area (Å²) in [7, 11) is -3.65. The van der Waals surface area contributed by atoms with E-state index in [1.165, 1.54) is 19.1 Å². The predicted octanol–water partition coefficient (Wildman–Crippen LogP) is -0.228. The maximum Gasteiger partial charge on any atom is 0.307 e. The molecule has 0 saturated heterocycles. The number of hydrogen-bond donors (Lipinski definition) is 2.